The second-order valence-corrected chi connectivity index (χ2v) is 6.59. The zero-order valence-corrected chi connectivity index (χ0v) is 15.1. The van der Waals surface area contributed by atoms with E-state index in [9.17, 15) is 9.59 Å². The lowest BCUT2D eigenvalue weighted by Gasteiger charge is -2.02. The van der Waals surface area contributed by atoms with Gasteiger partial charge in [0.25, 0.3) is 0 Å². The van der Waals surface area contributed by atoms with Gasteiger partial charge >= 0.3 is 0 Å². The van der Waals surface area contributed by atoms with Gasteiger partial charge in [-0.3, -0.25) is 9.59 Å². The van der Waals surface area contributed by atoms with Crippen LogP contribution in [0.2, 0.25) is 0 Å². The number of Topliss-reactive ketones (excluding diaryl/α,β-unsaturated/α-hetero) is 2. The Morgan fingerprint density at radius 2 is 0.727 bits per heavy atom. The summed E-state index contributed by atoms with van der Waals surface area (Å²) in [5, 5.41) is 0. The standard InChI is InChI=1S/C20H38O2/c1-3-5-7-9-11-13-15-17-19(21)20(22)18-16-14-12-10-8-6-4-2/h3-18H2,1-2H3. The summed E-state index contributed by atoms with van der Waals surface area (Å²) < 4.78 is 0. The number of carbonyl (C=O) groups is 2. The second kappa shape index (κ2) is 16.7. The number of rotatable bonds is 17. The fourth-order valence-electron chi connectivity index (χ4n) is 2.76. The Morgan fingerprint density at radius 3 is 1.05 bits per heavy atom. The number of hydrogen-bond donors (Lipinski definition) is 0. The van der Waals surface area contributed by atoms with Crippen LogP contribution < -0.4 is 0 Å². The average Bonchev–Trinajstić information content (AvgIpc) is 2.52. The number of ketones is 2. The number of carbonyl (C=O) groups excluding carboxylic acids is 2. The lowest BCUT2D eigenvalue weighted by molar-refractivity contribution is -0.136. The maximum atomic E-state index is 11.7. The summed E-state index contributed by atoms with van der Waals surface area (Å²) >= 11 is 0. The van der Waals surface area contributed by atoms with Gasteiger partial charge in [-0.25, -0.2) is 0 Å². The molecule has 2 heteroatoms. The van der Waals surface area contributed by atoms with Crippen molar-refractivity contribution >= 4 is 11.6 Å². The van der Waals surface area contributed by atoms with Crippen LogP contribution in [0.5, 0.6) is 0 Å². The molecule has 0 bridgehead atoms. The molecule has 0 saturated carbocycles. The molecule has 2 nitrogen and oxygen atoms in total. The normalized spacial score (nSPS) is 10.8. The maximum absolute atomic E-state index is 11.7. The van der Waals surface area contributed by atoms with Crippen LogP contribution in [-0.2, 0) is 9.59 Å². The Hall–Kier alpha value is -0.660. The van der Waals surface area contributed by atoms with Gasteiger partial charge in [0.2, 0.25) is 0 Å². The first kappa shape index (κ1) is 21.3. The van der Waals surface area contributed by atoms with E-state index in [-0.39, 0.29) is 11.6 Å². The van der Waals surface area contributed by atoms with Crippen molar-refractivity contribution in [3.05, 3.63) is 0 Å². The van der Waals surface area contributed by atoms with Crippen LogP contribution in [0.4, 0.5) is 0 Å². The Bertz CT molecular complexity index is 243. The predicted molar refractivity (Wildman–Crippen MR) is 95.2 cm³/mol. The van der Waals surface area contributed by atoms with Crippen molar-refractivity contribution < 1.29 is 9.59 Å². The molecule has 0 aliphatic rings. The van der Waals surface area contributed by atoms with Crippen LogP contribution in [-0.4, -0.2) is 11.6 Å². The van der Waals surface area contributed by atoms with Crippen molar-refractivity contribution in [2.45, 2.75) is 117 Å². The molecule has 0 radical (unpaired) electrons. The molecule has 0 atom stereocenters. The van der Waals surface area contributed by atoms with Crippen LogP contribution in [0.25, 0.3) is 0 Å². The van der Waals surface area contributed by atoms with E-state index in [1.54, 1.807) is 0 Å². The molecule has 22 heavy (non-hydrogen) atoms. The lowest BCUT2D eigenvalue weighted by atomic mass is 10.0. The van der Waals surface area contributed by atoms with Crippen molar-refractivity contribution in [2.75, 3.05) is 0 Å². The third kappa shape index (κ3) is 14.3. The summed E-state index contributed by atoms with van der Waals surface area (Å²) in [5.41, 5.74) is 0. The fourth-order valence-corrected chi connectivity index (χ4v) is 2.76. The van der Waals surface area contributed by atoms with Gasteiger partial charge in [-0.15, -0.1) is 0 Å². The number of hydrogen-bond acceptors (Lipinski definition) is 2. The minimum Gasteiger partial charge on any atom is -0.291 e. The predicted octanol–water partition coefficient (Wildman–Crippen LogP) is 6.41. The van der Waals surface area contributed by atoms with E-state index >= 15 is 0 Å². The monoisotopic (exact) mass is 310 g/mol. The molecule has 0 aromatic rings. The number of unbranched alkanes of at least 4 members (excludes halogenated alkanes) is 12. The highest BCUT2D eigenvalue weighted by molar-refractivity contribution is 6.37. The topological polar surface area (TPSA) is 34.1 Å². The quantitative estimate of drug-likeness (QED) is 0.230. The largest absolute Gasteiger partial charge is 0.291 e. The van der Waals surface area contributed by atoms with Gasteiger partial charge in [0.15, 0.2) is 11.6 Å². The minimum absolute atomic E-state index is 0.125. The summed E-state index contributed by atoms with van der Waals surface area (Å²) in [5.74, 6) is -0.251. The molecule has 0 N–H and O–H groups in total. The van der Waals surface area contributed by atoms with Gasteiger partial charge in [-0.1, -0.05) is 90.9 Å². The van der Waals surface area contributed by atoms with Crippen LogP contribution in [0.15, 0.2) is 0 Å². The summed E-state index contributed by atoms with van der Waals surface area (Å²) in [6.45, 7) is 4.44. The molecular formula is C20H38O2. The molecule has 130 valence electrons. The highest BCUT2D eigenvalue weighted by atomic mass is 16.2. The fraction of sp³-hybridized carbons (Fsp3) is 0.900. The highest BCUT2D eigenvalue weighted by Crippen LogP contribution is 2.11. The molecule has 0 aliphatic carbocycles. The zero-order chi connectivity index (χ0) is 16.5. The SMILES string of the molecule is CCCCCCCCCC(=O)C(=O)CCCCCCCCC. The molecule has 0 heterocycles. The van der Waals surface area contributed by atoms with E-state index in [1.807, 2.05) is 0 Å². The van der Waals surface area contributed by atoms with Crippen molar-refractivity contribution in [3.8, 4) is 0 Å². The van der Waals surface area contributed by atoms with Crippen LogP contribution in [0, 0.1) is 0 Å². The van der Waals surface area contributed by atoms with E-state index in [1.165, 1.54) is 64.2 Å². The van der Waals surface area contributed by atoms with E-state index in [0.29, 0.717) is 12.8 Å². The Kier molecular flexibility index (Phi) is 16.2. The van der Waals surface area contributed by atoms with Crippen molar-refractivity contribution in [1.82, 2.24) is 0 Å². The molecule has 0 fully saturated rings. The molecule has 0 spiro atoms. The van der Waals surface area contributed by atoms with Crippen LogP contribution in [0.1, 0.15) is 117 Å². The van der Waals surface area contributed by atoms with Gasteiger partial charge < -0.3 is 0 Å². The van der Waals surface area contributed by atoms with Crippen LogP contribution in [0.3, 0.4) is 0 Å². The first-order chi connectivity index (χ1) is 10.7. The highest BCUT2D eigenvalue weighted by Gasteiger charge is 2.12. The van der Waals surface area contributed by atoms with Gasteiger partial charge in [-0.05, 0) is 12.8 Å². The zero-order valence-electron chi connectivity index (χ0n) is 15.1. The van der Waals surface area contributed by atoms with E-state index in [2.05, 4.69) is 13.8 Å². The molecule has 0 rings (SSSR count). The molecule has 0 aliphatic heterocycles. The van der Waals surface area contributed by atoms with Crippen molar-refractivity contribution in [1.29, 1.82) is 0 Å². The molecule has 0 saturated heterocycles. The average molecular weight is 311 g/mol. The molecule has 0 amide bonds. The first-order valence-electron chi connectivity index (χ1n) is 9.78. The molecule has 0 aromatic heterocycles. The Labute approximate surface area is 138 Å². The summed E-state index contributed by atoms with van der Waals surface area (Å²) in [7, 11) is 0. The van der Waals surface area contributed by atoms with E-state index in [4.69, 9.17) is 0 Å². The van der Waals surface area contributed by atoms with Gasteiger partial charge in [0.1, 0.15) is 0 Å². The van der Waals surface area contributed by atoms with Gasteiger partial charge in [-0.2, -0.15) is 0 Å². The van der Waals surface area contributed by atoms with E-state index in [0.717, 1.165) is 25.7 Å². The van der Waals surface area contributed by atoms with Gasteiger partial charge in [0, 0.05) is 12.8 Å². The lowest BCUT2D eigenvalue weighted by Crippen LogP contribution is -2.13. The summed E-state index contributed by atoms with van der Waals surface area (Å²) in [6.07, 6.45) is 17.7. The van der Waals surface area contributed by atoms with Crippen LogP contribution >= 0.6 is 0 Å². The Balaban J connectivity index is 3.38. The second-order valence-electron chi connectivity index (χ2n) is 6.59. The first-order valence-corrected chi connectivity index (χ1v) is 9.78. The third-order valence-electron chi connectivity index (χ3n) is 4.33. The molecular weight excluding hydrogens is 272 g/mol. The van der Waals surface area contributed by atoms with E-state index < -0.39 is 0 Å². The van der Waals surface area contributed by atoms with Crippen molar-refractivity contribution in [2.24, 2.45) is 0 Å². The maximum Gasteiger partial charge on any atom is 0.198 e. The molecule has 0 unspecified atom stereocenters. The minimum atomic E-state index is -0.125. The Morgan fingerprint density at radius 1 is 0.455 bits per heavy atom. The third-order valence-corrected chi connectivity index (χ3v) is 4.33. The molecule has 0 aromatic carbocycles. The van der Waals surface area contributed by atoms with Gasteiger partial charge in [0.05, 0.1) is 0 Å². The smallest absolute Gasteiger partial charge is 0.198 e. The summed E-state index contributed by atoms with van der Waals surface area (Å²) in [6, 6.07) is 0. The summed E-state index contributed by atoms with van der Waals surface area (Å²) in [4.78, 5) is 23.5. The van der Waals surface area contributed by atoms with Crippen molar-refractivity contribution in [3.63, 3.8) is 0 Å².